The molecule has 2 atom stereocenters. The molecule has 1 aliphatic carbocycles. The maximum Gasteiger partial charge on any atom is 0.280 e. The number of hydrogen-bond acceptors (Lipinski definition) is 5. The first-order chi connectivity index (χ1) is 13.1. The van der Waals surface area contributed by atoms with Gasteiger partial charge in [0.25, 0.3) is 6.43 Å². The summed E-state index contributed by atoms with van der Waals surface area (Å²) in [7, 11) is 0. The second-order valence-corrected chi connectivity index (χ2v) is 8.59. The molecule has 3 aliphatic rings. The molecule has 0 amide bonds. The van der Waals surface area contributed by atoms with Crippen LogP contribution in [-0.4, -0.2) is 45.0 Å². The van der Waals surface area contributed by atoms with Crippen molar-refractivity contribution in [3.8, 4) is 0 Å². The van der Waals surface area contributed by atoms with E-state index in [1.807, 2.05) is 18.3 Å². The standard InChI is InChI=1S/C19H20BrF2N5/c20-12-3-4-13(23-7-12)8-26-9-15-5-14(26)10-27(15)17-6-16(18(21)22)24-19(25-17)11-1-2-11/h3-4,6-7,11,14-15,18H,1-2,5,8-10H2. The molecule has 142 valence electrons. The number of aromatic nitrogens is 3. The van der Waals surface area contributed by atoms with Crippen LogP contribution in [0.2, 0.25) is 0 Å². The van der Waals surface area contributed by atoms with Crippen LogP contribution in [0.3, 0.4) is 0 Å². The maximum atomic E-state index is 13.3. The van der Waals surface area contributed by atoms with Crippen LogP contribution >= 0.6 is 15.9 Å². The summed E-state index contributed by atoms with van der Waals surface area (Å²) in [6, 6.07) is 6.26. The predicted octanol–water partition coefficient (Wildman–Crippen LogP) is 3.91. The average Bonchev–Trinajstić information content (AvgIpc) is 3.34. The highest BCUT2D eigenvalue weighted by Crippen LogP contribution is 2.41. The molecule has 8 heteroatoms. The van der Waals surface area contributed by atoms with Crippen molar-refractivity contribution >= 4 is 21.7 Å². The number of pyridine rings is 1. The van der Waals surface area contributed by atoms with Crippen molar-refractivity contribution in [2.75, 3.05) is 18.0 Å². The van der Waals surface area contributed by atoms with Crippen molar-refractivity contribution in [1.82, 2.24) is 19.9 Å². The van der Waals surface area contributed by atoms with Gasteiger partial charge in [-0.2, -0.15) is 0 Å². The Bertz CT molecular complexity index is 822. The molecule has 2 unspecified atom stereocenters. The first-order valence-corrected chi connectivity index (χ1v) is 10.1. The zero-order valence-corrected chi connectivity index (χ0v) is 16.3. The molecular formula is C19H20BrF2N5. The zero-order valence-electron chi connectivity index (χ0n) is 14.7. The SMILES string of the molecule is FC(F)c1cc(N2CC3CC2CN3Cc2ccc(Br)cn2)nc(C2CC2)n1. The summed E-state index contributed by atoms with van der Waals surface area (Å²) in [5.74, 6) is 1.54. The number of hydrogen-bond donors (Lipinski definition) is 0. The normalized spacial score (nSPS) is 25.0. The van der Waals surface area contributed by atoms with Crippen LogP contribution < -0.4 is 4.90 Å². The van der Waals surface area contributed by atoms with E-state index in [0.29, 0.717) is 23.7 Å². The molecular weight excluding hydrogens is 416 g/mol. The number of fused-ring (bicyclic) bond motifs is 2. The highest BCUT2D eigenvalue weighted by atomic mass is 79.9. The lowest BCUT2D eigenvalue weighted by atomic mass is 10.2. The predicted molar refractivity (Wildman–Crippen MR) is 101 cm³/mol. The molecule has 0 N–H and O–H groups in total. The molecule has 2 aromatic rings. The molecule has 0 radical (unpaired) electrons. The summed E-state index contributed by atoms with van der Waals surface area (Å²) < 4.78 is 27.6. The smallest absolute Gasteiger partial charge is 0.280 e. The van der Waals surface area contributed by atoms with Gasteiger partial charge in [-0.25, -0.2) is 18.7 Å². The summed E-state index contributed by atoms with van der Waals surface area (Å²) in [4.78, 5) is 17.8. The van der Waals surface area contributed by atoms with E-state index in [9.17, 15) is 8.78 Å². The van der Waals surface area contributed by atoms with Gasteiger partial charge in [-0.15, -0.1) is 0 Å². The Hall–Kier alpha value is -1.67. The molecule has 2 bridgehead atoms. The fourth-order valence-electron chi connectivity index (χ4n) is 4.19. The fraction of sp³-hybridized carbons (Fsp3) is 0.526. The average molecular weight is 436 g/mol. The van der Waals surface area contributed by atoms with Crippen molar-refractivity contribution in [2.24, 2.45) is 0 Å². The molecule has 27 heavy (non-hydrogen) atoms. The molecule has 3 fully saturated rings. The van der Waals surface area contributed by atoms with E-state index in [2.05, 4.69) is 40.7 Å². The Morgan fingerprint density at radius 2 is 2.00 bits per heavy atom. The van der Waals surface area contributed by atoms with Crippen LogP contribution in [0.4, 0.5) is 14.6 Å². The molecule has 4 heterocycles. The summed E-state index contributed by atoms with van der Waals surface area (Å²) in [6.45, 7) is 2.56. The van der Waals surface area contributed by atoms with E-state index in [0.717, 1.165) is 49.1 Å². The zero-order chi connectivity index (χ0) is 18.5. The van der Waals surface area contributed by atoms with Gasteiger partial charge >= 0.3 is 0 Å². The van der Waals surface area contributed by atoms with E-state index in [-0.39, 0.29) is 11.6 Å². The summed E-state index contributed by atoms with van der Waals surface area (Å²) in [5, 5.41) is 0. The van der Waals surface area contributed by atoms with Gasteiger partial charge in [0.2, 0.25) is 0 Å². The van der Waals surface area contributed by atoms with E-state index < -0.39 is 6.43 Å². The highest BCUT2D eigenvalue weighted by Gasteiger charge is 2.44. The van der Waals surface area contributed by atoms with Gasteiger partial charge in [-0.05, 0) is 47.3 Å². The van der Waals surface area contributed by atoms with Gasteiger partial charge in [0.05, 0.1) is 5.69 Å². The van der Waals surface area contributed by atoms with E-state index in [4.69, 9.17) is 0 Å². The van der Waals surface area contributed by atoms with Crippen molar-refractivity contribution in [2.45, 2.75) is 50.2 Å². The lowest BCUT2D eigenvalue weighted by molar-refractivity contribution is 0.145. The number of anilines is 1. The van der Waals surface area contributed by atoms with Crippen molar-refractivity contribution in [1.29, 1.82) is 0 Å². The van der Waals surface area contributed by atoms with Crippen LogP contribution in [0.15, 0.2) is 28.9 Å². The number of halogens is 3. The Kier molecular flexibility index (Phi) is 4.35. The highest BCUT2D eigenvalue weighted by molar-refractivity contribution is 9.10. The molecule has 1 saturated carbocycles. The minimum atomic E-state index is -2.55. The van der Waals surface area contributed by atoms with Gasteiger partial charge in [-0.1, -0.05) is 0 Å². The number of rotatable bonds is 5. The van der Waals surface area contributed by atoms with Crippen molar-refractivity contribution in [3.05, 3.63) is 46.1 Å². The molecule has 0 aromatic carbocycles. The fourth-order valence-corrected chi connectivity index (χ4v) is 4.42. The largest absolute Gasteiger partial charge is 0.351 e. The molecule has 5 rings (SSSR count). The van der Waals surface area contributed by atoms with Crippen LogP contribution in [-0.2, 0) is 6.54 Å². The van der Waals surface area contributed by atoms with Crippen molar-refractivity contribution in [3.63, 3.8) is 0 Å². The Morgan fingerprint density at radius 3 is 2.63 bits per heavy atom. The Morgan fingerprint density at radius 1 is 1.15 bits per heavy atom. The molecule has 2 aliphatic heterocycles. The van der Waals surface area contributed by atoms with Gasteiger partial charge in [-0.3, -0.25) is 9.88 Å². The monoisotopic (exact) mass is 435 g/mol. The quantitative estimate of drug-likeness (QED) is 0.712. The minimum absolute atomic E-state index is 0.138. The first kappa shape index (κ1) is 17.4. The second kappa shape index (κ2) is 6.74. The van der Waals surface area contributed by atoms with Gasteiger partial charge < -0.3 is 4.90 Å². The number of nitrogens with zero attached hydrogens (tertiary/aromatic N) is 5. The minimum Gasteiger partial charge on any atom is -0.351 e. The van der Waals surface area contributed by atoms with E-state index in [1.165, 1.54) is 6.07 Å². The third-order valence-corrected chi connectivity index (χ3v) is 6.19. The lowest BCUT2D eigenvalue weighted by Crippen LogP contribution is -2.46. The Labute approximate surface area is 164 Å². The topological polar surface area (TPSA) is 45.2 Å². The van der Waals surface area contributed by atoms with Gasteiger partial charge in [0, 0.05) is 54.4 Å². The van der Waals surface area contributed by atoms with Gasteiger partial charge in [0.15, 0.2) is 0 Å². The van der Waals surface area contributed by atoms with Crippen LogP contribution in [0.25, 0.3) is 0 Å². The van der Waals surface area contributed by atoms with Crippen LogP contribution in [0.5, 0.6) is 0 Å². The molecule has 2 aromatic heterocycles. The number of alkyl halides is 2. The summed E-state index contributed by atoms with van der Waals surface area (Å²) >= 11 is 3.41. The van der Waals surface area contributed by atoms with Crippen molar-refractivity contribution < 1.29 is 8.78 Å². The maximum absolute atomic E-state index is 13.3. The second-order valence-electron chi connectivity index (χ2n) is 7.68. The third kappa shape index (κ3) is 3.45. The molecule has 0 spiro atoms. The van der Waals surface area contributed by atoms with E-state index in [1.54, 1.807) is 0 Å². The summed E-state index contributed by atoms with van der Waals surface area (Å²) in [5.41, 5.74) is 0.913. The van der Waals surface area contributed by atoms with Crippen LogP contribution in [0.1, 0.15) is 48.8 Å². The number of likely N-dealkylation sites (tertiary alicyclic amines) is 1. The lowest BCUT2D eigenvalue weighted by Gasteiger charge is -2.35. The van der Waals surface area contributed by atoms with Crippen LogP contribution in [0, 0.1) is 0 Å². The summed E-state index contributed by atoms with van der Waals surface area (Å²) in [6.07, 6.45) is 2.33. The third-order valence-electron chi connectivity index (χ3n) is 5.72. The first-order valence-electron chi connectivity index (χ1n) is 9.35. The molecule has 5 nitrogen and oxygen atoms in total. The van der Waals surface area contributed by atoms with E-state index >= 15 is 0 Å². The van der Waals surface area contributed by atoms with Gasteiger partial charge in [0.1, 0.15) is 17.3 Å². The number of piperazine rings is 1. The Balaban J connectivity index is 1.32. The molecule has 2 saturated heterocycles.